The van der Waals surface area contributed by atoms with E-state index in [2.05, 4.69) is 10.9 Å². The summed E-state index contributed by atoms with van der Waals surface area (Å²) in [7, 11) is -3.06. The maximum absolute atomic E-state index is 13.7. The van der Waals surface area contributed by atoms with Gasteiger partial charge in [0.25, 0.3) is 0 Å². The van der Waals surface area contributed by atoms with E-state index in [1.165, 1.54) is 18.2 Å². The third-order valence-electron chi connectivity index (χ3n) is 6.00. The Hall–Kier alpha value is -4.09. The molecule has 2 aromatic heterocycles. The number of rotatable bonds is 4. The Morgan fingerprint density at radius 3 is 2.54 bits per heavy atom. The van der Waals surface area contributed by atoms with Crippen molar-refractivity contribution in [2.24, 2.45) is 7.05 Å². The molecule has 3 aromatic carbocycles. The zero-order valence-corrected chi connectivity index (χ0v) is 20.0. The molecule has 5 aromatic rings. The first-order valence-corrected chi connectivity index (χ1v) is 12.3. The van der Waals surface area contributed by atoms with Crippen LogP contribution in [0.15, 0.2) is 64.3 Å². The molecular weight excluding hydrogens is 467 g/mol. The van der Waals surface area contributed by atoms with Crippen LogP contribution in [0.25, 0.3) is 44.0 Å². The van der Waals surface area contributed by atoms with Gasteiger partial charge in [-0.3, -0.25) is 4.79 Å². The van der Waals surface area contributed by atoms with Crippen molar-refractivity contribution in [2.45, 2.75) is 24.8 Å². The van der Waals surface area contributed by atoms with Crippen LogP contribution in [0, 0.1) is 12.3 Å². The van der Waals surface area contributed by atoms with E-state index in [0.29, 0.717) is 44.4 Å². The highest BCUT2D eigenvalue weighted by molar-refractivity contribution is 7.86. The van der Waals surface area contributed by atoms with Crippen molar-refractivity contribution in [1.29, 1.82) is 0 Å². The molecular formula is C27H21FN2O4S. The van der Waals surface area contributed by atoms with Crippen molar-refractivity contribution in [3.8, 4) is 29.2 Å². The molecule has 0 aliphatic heterocycles. The third-order valence-corrected chi connectivity index (χ3v) is 6.82. The number of hydrogen-bond donors (Lipinski definition) is 1. The summed E-state index contributed by atoms with van der Waals surface area (Å²) in [5, 5.41) is 1.74. The minimum atomic E-state index is -4.89. The number of ether oxygens (including phenoxy) is 1. The molecule has 176 valence electrons. The highest BCUT2D eigenvalue weighted by Gasteiger charge is 2.20. The lowest BCUT2D eigenvalue weighted by Gasteiger charge is -2.17. The summed E-state index contributed by atoms with van der Waals surface area (Å²) in [5.74, 6) is 3.00. The van der Waals surface area contributed by atoms with Crippen molar-refractivity contribution in [3.63, 3.8) is 0 Å². The highest BCUT2D eigenvalue weighted by Crippen LogP contribution is 2.37. The van der Waals surface area contributed by atoms with Crippen molar-refractivity contribution >= 4 is 43.1 Å². The summed E-state index contributed by atoms with van der Waals surface area (Å²) in [6, 6.07) is 14.5. The van der Waals surface area contributed by atoms with Gasteiger partial charge in [0.05, 0.1) is 27.3 Å². The Morgan fingerprint density at radius 2 is 1.86 bits per heavy atom. The number of nitrogens with zero attached hydrogens (tertiary/aromatic N) is 1. The van der Waals surface area contributed by atoms with Gasteiger partial charge in [0.1, 0.15) is 11.4 Å². The SMILES string of the molecule is C#Cc1ccc2c(c1)[nH]c1c2c(=O)c2cc(OC(C)C)c(-c3cccc(S(=O)(=O)F)c3)cc2n1C. The Balaban J connectivity index is 1.88. The van der Waals surface area contributed by atoms with Gasteiger partial charge in [-0.25, -0.2) is 0 Å². The van der Waals surface area contributed by atoms with Crippen LogP contribution < -0.4 is 10.2 Å². The van der Waals surface area contributed by atoms with Crippen LogP contribution in [-0.2, 0) is 17.3 Å². The molecule has 35 heavy (non-hydrogen) atoms. The smallest absolute Gasteiger partial charge is 0.332 e. The van der Waals surface area contributed by atoms with E-state index >= 15 is 0 Å². The van der Waals surface area contributed by atoms with Crippen molar-refractivity contribution in [1.82, 2.24) is 9.55 Å². The molecule has 0 radical (unpaired) electrons. The van der Waals surface area contributed by atoms with Crippen molar-refractivity contribution in [3.05, 3.63) is 70.4 Å². The molecule has 0 aliphatic rings. The van der Waals surface area contributed by atoms with Crippen LogP contribution in [0.3, 0.4) is 0 Å². The van der Waals surface area contributed by atoms with E-state index in [-0.39, 0.29) is 11.5 Å². The number of pyridine rings is 1. The minimum absolute atomic E-state index is 0.173. The number of benzene rings is 3. The number of aromatic amines is 1. The second kappa shape index (κ2) is 8.00. The summed E-state index contributed by atoms with van der Waals surface area (Å²) in [6.45, 7) is 3.70. The Kier molecular flexibility index (Phi) is 5.18. The molecule has 0 saturated heterocycles. The maximum atomic E-state index is 13.7. The van der Waals surface area contributed by atoms with E-state index in [4.69, 9.17) is 11.2 Å². The number of fused-ring (bicyclic) bond motifs is 4. The van der Waals surface area contributed by atoms with Crippen LogP contribution in [0.1, 0.15) is 19.4 Å². The quantitative estimate of drug-likeness (QED) is 0.276. The van der Waals surface area contributed by atoms with E-state index < -0.39 is 15.1 Å². The number of aromatic nitrogens is 2. The average Bonchev–Trinajstić information content (AvgIpc) is 3.20. The first-order valence-electron chi connectivity index (χ1n) is 10.9. The summed E-state index contributed by atoms with van der Waals surface area (Å²) in [6.07, 6.45) is 5.32. The van der Waals surface area contributed by atoms with Gasteiger partial charge in [0.15, 0.2) is 5.43 Å². The number of hydrogen-bond acceptors (Lipinski definition) is 4. The molecule has 1 N–H and O–H groups in total. The fourth-order valence-electron chi connectivity index (χ4n) is 4.43. The number of nitrogens with one attached hydrogen (secondary N) is 1. The van der Waals surface area contributed by atoms with Crippen LogP contribution >= 0.6 is 0 Å². The molecule has 0 spiro atoms. The van der Waals surface area contributed by atoms with Gasteiger partial charge < -0.3 is 14.3 Å². The molecule has 5 rings (SSSR count). The monoisotopic (exact) mass is 488 g/mol. The summed E-state index contributed by atoms with van der Waals surface area (Å²) >= 11 is 0. The molecule has 0 aliphatic carbocycles. The second-order valence-electron chi connectivity index (χ2n) is 8.64. The van der Waals surface area contributed by atoms with Crippen LogP contribution in [0.2, 0.25) is 0 Å². The van der Waals surface area contributed by atoms with Crippen molar-refractivity contribution in [2.75, 3.05) is 0 Å². The van der Waals surface area contributed by atoms with E-state index in [0.717, 1.165) is 10.9 Å². The van der Waals surface area contributed by atoms with Gasteiger partial charge in [0.2, 0.25) is 0 Å². The highest BCUT2D eigenvalue weighted by atomic mass is 32.3. The Labute approximate surface area is 201 Å². The lowest BCUT2D eigenvalue weighted by Crippen LogP contribution is -2.11. The largest absolute Gasteiger partial charge is 0.490 e. The second-order valence-corrected chi connectivity index (χ2v) is 9.99. The standard InChI is InChI=1S/C27H21FN2O4S/c1-5-16-9-10-19-22(11-16)29-27-25(19)26(31)21-14-24(34-15(2)3)20(13-23(21)30(27)4)17-7-6-8-18(12-17)35(28,32)33/h1,6-15,29H,2-4H3. The number of terminal acetylenes is 1. The molecule has 0 saturated carbocycles. The van der Waals surface area contributed by atoms with Gasteiger partial charge in [-0.05, 0) is 55.8 Å². The predicted octanol–water partition coefficient (Wildman–Crippen LogP) is 5.27. The lowest BCUT2D eigenvalue weighted by molar-refractivity contribution is 0.244. The summed E-state index contributed by atoms with van der Waals surface area (Å²) < 4.78 is 44.6. The molecule has 0 unspecified atom stereocenters. The van der Waals surface area contributed by atoms with Gasteiger partial charge >= 0.3 is 10.2 Å². The van der Waals surface area contributed by atoms with Crippen molar-refractivity contribution < 1.29 is 17.0 Å². The number of H-pyrrole nitrogens is 1. The lowest BCUT2D eigenvalue weighted by atomic mass is 10.0. The average molecular weight is 489 g/mol. The first-order chi connectivity index (χ1) is 16.6. The van der Waals surface area contributed by atoms with E-state index in [1.54, 1.807) is 24.3 Å². The van der Waals surface area contributed by atoms with Gasteiger partial charge in [0, 0.05) is 29.1 Å². The zero-order chi connectivity index (χ0) is 25.1. The normalized spacial score (nSPS) is 12.0. The molecule has 8 heteroatoms. The topological polar surface area (TPSA) is 81.2 Å². The predicted molar refractivity (Wildman–Crippen MR) is 136 cm³/mol. The molecule has 0 amide bonds. The van der Waals surface area contributed by atoms with Crippen LogP contribution in [0.5, 0.6) is 5.75 Å². The third kappa shape index (κ3) is 3.74. The van der Waals surface area contributed by atoms with Crippen LogP contribution in [-0.4, -0.2) is 24.1 Å². The molecule has 0 fully saturated rings. The van der Waals surface area contributed by atoms with Gasteiger partial charge in [-0.2, -0.15) is 8.42 Å². The Morgan fingerprint density at radius 1 is 1.09 bits per heavy atom. The molecule has 0 bridgehead atoms. The van der Waals surface area contributed by atoms with Gasteiger partial charge in [-0.1, -0.05) is 24.1 Å². The molecule has 0 atom stereocenters. The minimum Gasteiger partial charge on any atom is -0.490 e. The maximum Gasteiger partial charge on any atom is 0.332 e. The Bertz CT molecular complexity index is 1880. The number of halogens is 1. The first kappa shape index (κ1) is 22.7. The van der Waals surface area contributed by atoms with E-state index in [1.807, 2.05) is 37.6 Å². The van der Waals surface area contributed by atoms with Crippen LogP contribution in [0.4, 0.5) is 3.89 Å². The van der Waals surface area contributed by atoms with E-state index in [9.17, 15) is 17.1 Å². The zero-order valence-electron chi connectivity index (χ0n) is 19.2. The fourth-order valence-corrected chi connectivity index (χ4v) is 4.94. The molecule has 6 nitrogen and oxygen atoms in total. The molecule has 2 heterocycles. The van der Waals surface area contributed by atoms with Gasteiger partial charge in [-0.15, -0.1) is 10.3 Å². The number of aryl methyl sites for hydroxylation is 1. The summed E-state index contributed by atoms with van der Waals surface area (Å²) in [4.78, 5) is 16.5. The fraction of sp³-hybridized carbons (Fsp3) is 0.148. The summed E-state index contributed by atoms with van der Waals surface area (Å²) in [5.41, 5.74) is 3.48.